The van der Waals surface area contributed by atoms with Crippen molar-refractivity contribution in [3.05, 3.63) is 58.5 Å². The molecule has 1 aliphatic rings. The summed E-state index contributed by atoms with van der Waals surface area (Å²) in [4.78, 5) is 26.8. The molecule has 26 heavy (non-hydrogen) atoms. The van der Waals surface area contributed by atoms with Crippen molar-refractivity contribution < 1.29 is 14.3 Å². The minimum absolute atomic E-state index is 0.112. The Morgan fingerprint density at radius 3 is 2.54 bits per heavy atom. The van der Waals surface area contributed by atoms with E-state index in [1.165, 1.54) is 6.07 Å². The zero-order valence-corrected chi connectivity index (χ0v) is 14.8. The highest BCUT2D eigenvalue weighted by Gasteiger charge is 2.12. The molecule has 1 amide bonds. The normalized spacial score (nSPS) is 14.8. The summed E-state index contributed by atoms with van der Waals surface area (Å²) in [5.41, 5.74) is 1.00. The third kappa shape index (κ3) is 4.71. The fourth-order valence-corrected chi connectivity index (χ4v) is 2.79. The Labute approximate surface area is 152 Å². The van der Waals surface area contributed by atoms with Crippen molar-refractivity contribution in [3.8, 4) is 5.75 Å². The quantitative estimate of drug-likeness (QED) is 0.847. The molecule has 7 heteroatoms. The van der Waals surface area contributed by atoms with E-state index in [0.29, 0.717) is 17.8 Å². The van der Waals surface area contributed by atoms with E-state index in [2.05, 4.69) is 10.2 Å². The molecule has 1 N–H and O–H groups in total. The molecule has 1 aromatic heterocycles. The first-order chi connectivity index (χ1) is 12.7. The number of amides is 1. The van der Waals surface area contributed by atoms with E-state index in [9.17, 15) is 9.59 Å². The number of morpholine rings is 1. The van der Waals surface area contributed by atoms with Crippen LogP contribution in [0.5, 0.6) is 5.75 Å². The zero-order chi connectivity index (χ0) is 18.4. The van der Waals surface area contributed by atoms with Crippen molar-refractivity contribution in [2.75, 3.05) is 45.3 Å². The summed E-state index contributed by atoms with van der Waals surface area (Å²) in [7, 11) is 1.59. The number of anilines is 1. The lowest BCUT2D eigenvalue weighted by Gasteiger charge is -2.26. The number of carbonyl (C=O) groups excluding carboxylic acids is 1. The molecular weight excluding hydrogens is 334 g/mol. The van der Waals surface area contributed by atoms with E-state index < -0.39 is 0 Å². The molecule has 7 nitrogen and oxygen atoms in total. The van der Waals surface area contributed by atoms with Crippen molar-refractivity contribution in [1.29, 1.82) is 0 Å². The third-order valence-corrected chi connectivity index (χ3v) is 4.35. The maximum atomic E-state index is 12.5. The molecule has 0 bridgehead atoms. The topological polar surface area (TPSA) is 72.8 Å². The Morgan fingerprint density at radius 1 is 1.12 bits per heavy atom. The van der Waals surface area contributed by atoms with Gasteiger partial charge in [0.05, 0.1) is 25.9 Å². The Hall–Kier alpha value is -2.64. The highest BCUT2D eigenvalue weighted by Crippen LogP contribution is 2.15. The Bertz CT molecular complexity index is 795. The van der Waals surface area contributed by atoms with Gasteiger partial charge in [-0.2, -0.15) is 0 Å². The average Bonchev–Trinajstić information content (AvgIpc) is 2.68. The van der Waals surface area contributed by atoms with Crippen molar-refractivity contribution in [3.63, 3.8) is 0 Å². The van der Waals surface area contributed by atoms with Gasteiger partial charge in [0.2, 0.25) is 0 Å². The van der Waals surface area contributed by atoms with Crippen LogP contribution in [0.4, 0.5) is 5.69 Å². The molecule has 2 aromatic rings. The van der Waals surface area contributed by atoms with E-state index >= 15 is 0 Å². The smallest absolute Gasteiger partial charge is 0.257 e. The van der Waals surface area contributed by atoms with E-state index in [1.54, 1.807) is 48.2 Å². The maximum Gasteiger partial charge on any atom is 0.257 e. The van der Waals surface area contributed by atoms with Crippen molar-refractivity contribution in [2.24, 2.45) is 0 Å². The van der Waals surface area contributed by atoms with Crippen LogP contribution in [-0.4, -0.2) is 55.3 Å². The number of rotatable bonds is 6. The number of hydrogen-bond acceptors (Lipinski definition) is 5. The Balaban J connectivity index is 1.65. The Kier molecular flexibility index (Phi) is 6.04. The minimum atomic E-state index is -0.254. The van der Waals surface area contributed by atoms with Gasteiger partial charge in [0.1, 0.15) is 5.75 Å². The third-order valence-electron chi connectivity index (χ3n) is 4.35. The van der Waals surface area contributed by atoms with Crippen LogP contribution in [0.25, 0.3) is 0 Å². The molecule has 0 spiro atoms. The molecule has 0 unspecified atom stereocenters. The van der Waals surface area contributed by atoms with Gasteiger partial charge in [-0.15, -0.1) is 0 Å². The number of hydrogen-bond donors (Lipinski definition) is 1. The number of nitrogens with zero attached hydrogens (tertiary/aromatic N) is 2. The van der Waals surface area contributed by atoms with Gasteiger partial charge in [-0.1, -0.05) is 0 Å². The summed E-state index contributed by atoms with van der Waals surface area (Å²) < 4.78 is 12.0. The summed E-state index contributed by atoms with van der Waals surface area (Å²) in [5.74, 6) is 0.468. The van der Waals surface area contributed by atoms with Crippen LogP contribution >= 0.6 is 0 Å². The summed E-state index contributed by atoms with van der Waals surface area (Å²) in [6.45, 7) is 4.48. The SMILES string of the molecule is COc1ccc(NC(=O)c2ccc(=O)n(CCN3CCOCC3)c2)cc1. The van der Waals surface area contributed by atoms with Crippen molar-refractivity contribution in [2.45, 2.75) is 6.54 Å². The number of carbonyl (C=O) groups is 1. The predicted molar refractivity (Wildman–Crippen MR) is 98.9 cm³/mol. The molecule has 2 heterocycles. The fraction of sp³-hybridized carbons (Fsp3) is 0.368. The molecule has 138 valence electrons. The van der Waals surface area contributed by atoms with Gasteiger partial charge in [-0.05, 0) is 30.3 Å². The summed E-state index contributed by atoms with van der Waals surface area (Å²) >= 11 is 0. The molecule has 1 saturated heterocycles. The standard InChI is InChI=1S/C19H23N3O4/c1-25-17-5-3-16(4-6-17)20-19(24)15-2-7-18(23)22(14-15)9-8-21-10-12-26-13-11-21/h2-7,14H,8-13H2,1H3,(H,20,24). The van der Waals surface area contributed by atoms with Gasteiger partial charge in [-0.3, -0.25) is 14.5 Å². The number of pyridine rings is 1. The molecule has 1 fully saturated rings. The fourth-order valence-electron chi connectivity index (χ4n) is 2.79. The number of ether oxygens (including phenoxy) is 2. The van der Waals surface area contributed by atoms with Crippen LogP contribution in [-0.2, 0) is 11.3 Å². The second-order valence-electron chi connectivity index (χ2n) is 6.09. The molecule has 3 rings (SSSR count). The molecule has 0 aliphatic carbocycles. The Morgan fingerprint density at radius 2 is 1.85 bits per heavy atom. The molecule has 0 saturated carbocycles. The van der Waals surface area contributed by atoms with Crippen molar-refractivity contribution >= 4 is 11.6 Å². The maximum absolute atomic E-state index is 12.5. The van der Waals surface area contributed by atoms with Crippen LogP contribution < -0.4 is 15.6 Å². The van der Waals surface area contributed by atoms with Crippen LogP contribution in [0.1, 0.15) is 10.4 Å². The first-order valence-corrected chi connectivity index (χ1v) is 8.62. The van der Waals surface area contributed by atoms with Gasteiger partial charge in [0.25, 0.3) is 11.5 Å². The molecular formula is C19H23N3O4. The molecule has 1 aliphatic heterocycles. The zero-order valence-electron chi connectivity index (χ0n) is 14.8. The van der Waals surface area contributed by atoms with Gasteiger partial charge < -0.3 is 19.4 Å². The predicted octanol–water partition coefficient (Wildman–Crippen LogP) is 1.44. The summed E-state index contributed by atoms with van der Waals surface area (Å²) in [5, 5.41) is 2.82. The number of aromatic nitrogens is 1. The van der Waals surface area contributed by atoms with Crippen LogP contribution in [0.2, 0.25) is 0 Å². The first kappa shape index (κ1) is 18.2. The lowest BCUT2D eigenvalue weighted by molar-refractivity contribution is 0.0363. The highest BCUT2D eigenvalue weighted by atomic mass is 16.5. The number of methoxy groups -OCH3 is 1. The van der Waals surface area contributed by atoms with Crippen LogP contribution in [0.3, 0.4) is 0 Å². The van der Waals surface area contributed by atoms with E-state index in [-0.39, 0.29) is 11.5 Å². The van der Waals surface area contributed by atoms with Gasteiger partial charge >= 0.3 is 0 Å². The van der Waals surface area contributed by atoms with E-state index in [4.69, 9.17) is 9.47 Å². The van der Waals surface area contributed by atoms with Gasteiger partial charge in [0, 0.05) is 44.1 Å². The van der Waals surface area contributed by atoms with E-state index in [0.717, 1.165) is 38.6 Å². The minimum Gasteiger partial charge on any atom is -0.497 e. The van der Waals surface area contributed by atoms with E-state index in [1.807, 2.05) is 0 Å². The molecule has 0 atom stereocenters. The van der Waals surface area contributed by atoms with Crippen molar-refractivity contribution in [1.82, 2.24) is 9.47 Å². The van der Waals surface area contributed by atoms with Crippen LogP contribution in [0, 0.1) is 0 Å². The number of benzene rings is 1. The van der Waals surface area contributed by atoms with Gasteiger partial charge in [0.15, 0.2) is 0 Å². The summed E-state index contributed by atoms with van der Waals surface area (Å²) in [6.07, 6.45) is 1.61. The average molecular weight is 357 g/mol. The highest BCUT2D eigenvalue weighted by molar-refractivity contribution is 6.04. The molecule has 1 aromatic carbocycles. The lowest BCUT2D eigenvalue weighted by Crippen LogP contribution is -2.39. The lowest BCUT2D eigenvalue weighted by atomic mass is 10.2. The summed E-state index contributed by atoms with van der Waals surface area (Å²) in [6, 6.07) is 10.1. The first-order valence-electron chi connectivity index (χ1n) is 8.62. The second-order valence-corrected chi connectivity index (χ2v) is 6.09. The van der Waals surface area contributed by atoms with Gasteiger partial charge in [-0.25, -0.2) is 0 Å². The van der Waals surface area contributed by atoms with Crippen LogP contribution in [0.15, 0.2) is 47.4 Å². The second kappa shape index (κ2) is 8.64. The monoisotopic (exact) mass is 357 g/mol. The number of nitrogens with one attached hydrogen (secondary N) is 1. The molecule has 0 radical (unpaired) electrons. The largest absolute Gasteiger partial charge is 0.497 e.